The van der Waals surface area contributed by atoms with Crippen LogP contribution in [0, 0.1) is 12.8 Å². The normalized spacial score (nSPS) is 19.1. The number of aryl methyl sites for hydroxylation is 1. The minimum atomic E-state index is -3.81. The van der Waals surface area contributed by atoms with Crippen molar-refractivity contribution in [1.29, 1.82) is 0 Å². The molecule has 1 saturated heterocycles. The highest BCUT2D eigenvalue weighted by molar-refractivity contribution is 7.89. The number of sulfonamides is 1. The SMILES string of the molecule is CCOc1ccc(S(=O)(=O)N2CCC[C@@H](C(=O)N3C[C@@H](C(=O)NCc4ccccc4)Oc4ccccc43)C2)cc1C. The highest BCUT2D eigenvalue weighted by Crippen LogP contribution is 2.36. The van der Waals surface area contributed by atoms with Crippen LogP contribution in [0.2, 0.25) is 0 Å². The first kappa shape index (κ1) is 28.6. The molecule has 9 nitrogen and oxygen atoms in total. The summed E-state index contributed by atoms with van der Waals surface area (Å²) in [5, 5.41) is 2.90. The Balaban J connectivity index is 1.32. The zero-order valence-electron chi connectivity index (χ0n) is 23.3. The number of amides is 2. The van der Waals surface area contributed by atoms with Gasteiger partial charge in [-0.3, -0.25) is 9.59 Å². The summed E-state index contributed by atoms with van der Waals surface area (Å²) in [5.74, 6) is -0.00522. The number of ether oxygens (including phenoxy) is 2. The number of carbonyl (C=O) groups is 2. The number of fused-ring (bicyclic) bond motifs is 1. The number of nitrogens with zero attached hydrogens (tertiary/aromatic N) is 2. The van der Waals surface area contributed by atoms with Crippen LogP contribution < -0.4 is 19.7 Å². The molecule has 0 bridgehead atoms. The Morgan fingerprint density at radius 2 is 1.78 bits per heavy atom. The van der Waals surface area contributed by atoms with Gasteiger partial charge in [0.25, 0.3) is 5.91 Å². The van der Waals surface area contributed by atoms with E-state index in [-0.39, 0.29) is 29.8 Å². The molecule has 3 aromatic rings. The number of anilines is 1. The van der Waals surface area contributed by atoms with Crippen molar-refractivity contribution >= 4 is 27.5 Å². The molecule has 0 saturated carbocycles. The minimum absolute atomic E-state index is 0.0395. The van der Waals surface area contributed by atoms with Crippen LogP contribution in [-0.4, -0.2) is 56.9 Å². The lowest BCUT2D eigenvalue weighted by Crippen LogP contribution is -2.53. The average molecular weight is 578 g/mol. The summed E-state index contributed by atoms with van der Waals surface area (Å²) in [6, 6.07) is 21.5. The molecule has 2 amide bonds. The van der Waals surface area contributed by atoms with E-state index in [9.17, 15) is 18.0 Å². The fourth-order valence-corrected chi connectivity index (χ4v) is 6.92. The first-order valence-electron chi connectivity index (χ1n) is 13.9. The van der Waals surface area contributed by atoms with Crippen molar-refractivity contribution in [3.63, 3.8) is 0 Å². The van der Waals surface area contributed by atoms with Gasteiger partial charge in [0.2, 0.25) is 15.9 Å². The second-order valence-electron chi connectivity index (χ2n) is 10.3. The third-order valence-electron chi connectivity index (χ3n) is 7.46. The standard InChI is InChI=1S/C31H35N3O6S/c1-3-39-27-16-15-25(18-22(27)2)41(37,38)33-17-9-12-24(20-33)31(36)34-21-29(40-28-14-8-7-13-26(28)34)30(35)32-19-23-10-5-4-6-11-23/h4-8,10-11,13-16,18,24,29H,3,9,12,17,19-21H2,1-2H3,(H,32,35)/t24-,29+/m1/s1. The molecule has 2 heterocycles. The number of hydrogen-bond acceptors (Lipinski definition) is 6. The number of para-hydroxylation sites is 2. The van der Waals surface area contributed by atoms with Gasteiger partial charge in [-0.2, -0.15) is 4.31 Å². The second-order valence-corrected chi connectivity index (χ2v) is 12.2. The zero-order valence-corrected chi connectivity index (χ0v) is 24.1. The summed E-state index contributed by atoms with van der Waals surface area (Å²) < 4.78 is 40.1. The molecule has 0 aliphatic carbocycles. The van der Waals surface area contributed by atoms with E-state index in [2.05, 4.69) is 5.32 Å². The van der Waals surface area contributed by atoms with Gasteiger partial charge in [0, 0.05) is 19.6 Å². The van der Waals surface area contributed by atoms with Gasteiger partial charge >= 0.3 is 0 Å². The van der Waals surface area contributed by atoms with Crippen molar-refractivity contribution in [2.75, 3.05) is 31.1 Å². The first-order chi connectivity index (χ1) is 19.8. The molecule has 0 radical (unpaired) electrons. The van der Waals surface area contributed by atoms with E-state index in [1.54, 1.807) is 41.3 Å². The molecule has 2 aliphatic rings. The molecule has 41 heavy (non-hydrogen) atoms. The van der Waals surface area contributed by atoms with Crippen molar-refractivity contribution in [2.24, 2.45) is 5.92 Å². The van der Waals surface area contributed by atoms with Gasteiger partial charge < -0.3 is 19.7 Å². The number of benzene rings is 3. The molecular weight excluding hydrogens is 542 g/mol. The Bertz CT molecular complexity index is 1510. The predicted molar refractivity (Wildman–Crippen MR) is 155 cm³/mol. The van der Waals surface area contributed by atoms with Gasteiger partial charge in [0.1, 0.15) is 11.5 Å². The second kappa shape index (κ2) is 12.3. The molecule has 0 unspecified atom stereocenters. The first-order valence-corrected chi connectivity index (χ1v) is 15.3. The number of hydrogen-bond donors (Lipinski definition) is 1. The third-order valence-corrected chi connectivity index (χ3v) is 9.32. The number of piperidine rings is 1. The molecule has 10 heteroatoms. The van der Waals surface area contributed by atoms with Crippen LogP contribution in [0.15, 0.2) is 77.7 Å². The minimum Gasteiger partial charge on any atom is -0.494 e. The van der Waals surface area contributed by atoms with Gasteiger partial charge in [0.15, 0.2) is 6.10 Å². The molecular formula is C31H35N3O6S. The van der Waals surface area contributed by atoms with Crippen LogP contribution >= 0.6 is 0 Å². The number of carbonyl (C=O) groups excluding carboxylic acids is 2. The van der Waals surface area contributed by atoms with E-state index in [1.807, 2.05) is 50.2 Å². The van der Waals surface area contributed by atoms with Gasteiger partial charge in [0.05, 0.1) is 29.7 Å². The van der Waals surface area contributed by atoms with Crippen LogP contribution in [0.3, 0.4) is 0 Å². The van der Waals surface area contributed by atoms with Crippen molar-refractivity contribution in [2.45, 2.75) is 44.2 Å². The van der Waals surface area contributed by atoms with E-state index in [4.69, 9.17) is 9.47 Å². The summed E-state index contributed by atoms with van der Waals surface area (Å²) >= 11 is 0. The van der Waals surface area contributed by atoms with E-state index < -0.39 is 22.0 Å². The smallest absolute Gasteiger partial charge is 0.263 e. The lowest BCUT2D eigenvalue weighted by atomic mass is 9.97. The van der Waals surface area contributed by atoms with Crippen molar-refractivity contribution in [3.05, 3.63) is 83.9 Å². The Hall–Kier alpha value is -3.89. The van der Waals surface area contributed by atoms with E-state index in [1.165, 1.54) is 4.31 Å². The highest BCUT2D eigenvalue weighted by Gasteiger charge is 2.39. The van der Waals surface area contributed by atoms with Gasteiger partial charge in [-0.15, -0.1) is 0 Å². The Morgan fingerprint density at radius 3 is 2.54 bits per heavy atom. The predicted octanol–water partition coefficient (Wildman–Crippen LogP) is 3.91. The molecule has 216 valence electrons. The highest BCUT2D eigenvalue weighted by atomic mass is 32.2. The number of nitrogens with one attached hydrogen (secondary N) is 1. The van der Waals surface area contributed by atoms with Gasteiger partial charge in [-0.1, -0.05) is 42.5 Å². The van der Waals surface area contributed by atoms with Crippen molar-refractivity contribution < 1.29 is 27.5 Å². The molecule has 1 N–H and O–H groups in total. The third kappa shape index (κ3) is 6.23. The van der Waals surface area contributed by atoms with E-state index in [0.29, 0.717) is 49.7 Å². The topological polar surface area (TPSA) is 105 Å². The summed E-state index contributed by atoms with van der Waals surface area (Å²) in [6.45, 7) is 4.97. The lowest BCUT2D eigenvalue weighted by Gasteiger charge is -2.38. The van der Waals surface area contributed by atoms with E-state index in [0.717, 1.165) is 11.1 Å². The Labute approximate surface area is 241 Å². The molecule has 0 spiro atoms. The van der Waals surface area contributed by atoms with Crippen LogP contribution in [0.1, 0.15) is 30.9 Å². The lowest BCUT2D eigenvalue weighted by molar-refractivity contribution is -0.129. The molecule has 5 rings (SSSR count). The van der Waals surface area contributed by atoms with Crippen LogP contribution in [0.5, 0.6) is 11.5 Å². The molecule has 2 aliphatic heterocycles. The maximum Gasteiger partial charge on any atom is 0.263 e. The monoisotopic (exact) mass is 577 g/mol. The summed E-state index contributed by atoms with van der Waals surface area (Å²) in [5.41, 5.74) is 2.27. The Kier molecular flexibility index (Phi) is 8.60. The molecule has 0 aromatic heterocycles. The average Bonchev–Trinajstić information content (AvgIpc) is 3.00. The van der Waals surface area contributed by atoms with Crippen LogP contribution in [0.25, 0.3) is 0 Å². The van der Waals surface area contributed by atoms with Gasteiger partial charge in [-0.25, -0.2) is 8.42 Å². The van der Waals surface area contributed by atoms with Crippen molar-refractivity contribution in [1.82, 2.24) is 9.62 Å². The van der Waals surface area contributed by atoms with Crippen LogP contribution in [0.4, 0.5) is 5.69 Å². The van der Waals surface area contributed by atoms with Gasteiger partial charge in [-0.05, 0) is 68.1 Å². The Morgan fingerprint density at radius 1 is 1.02 bits per heavy atom. The fourth-order valence-electron chi connectivity index (χ4n) is 5.31. The quantitative estimate of drug-likeness (QED) is 0.436. The maximum absolute atomic E-state index is 13.9. The molecule has 2 atom stereocenters. The molecule has 1 fully saturated rings. The summed E-state index contributed by atoms with van der Waals surface area (Å²) in [6.07, 6.45) is 0.212. The van der Waals surface area contributed by atoms with Crippen LogP contribution in [-0.2, 0) is 26.2 Å². The van der Waals surface area contributed by atoms with E-state index >= 15 is 0 Å². The van der Waals surface area contributed by atoms with Crippen molar-refractivity contribution in [3.8, 4) is 11.5 Å². The number of rotatable bonds is 8. The fraction of sp³-hybridized carbons (Fsp3) is 0.355. The molecule has 3 aromatic carbocycles. The maximum atomic E-state index is 13.9. The summed E-state index contributed by atoms with van der Waals surface area (Å²) in [4.78, 5) is 28.8. The largest absolute Gasteiger partial charge is 0.494 e. The summed E-state index contributed by atoms with van der Waals surface area (Å²) in [7, 11) is -3.81. The zero-order chi connectivity index (χ0) is 29.0.